The van der Waals surface area contributed by atoms with Crippen LogP contribution in [0.15, 0.2) is 30.3 Å². The minimum Gasteiger partial charge on any atom is -0.508 e. The number of aromatic hydroxyl groups is 1. The van der Waals surface area contributed by atoms with Gasteiger partial charge in [0.2, 0.25) is 0 Å². The first-order chi connectivity index (χ1) is 8.97. The van der Waals surface area contributed by atoms with E-state index in [1.807, 2.05) is 0 Å². The van der Waals surface area contributed by atoms with Gasteiger partial charge in [0.1, 0.15) is 17.4 Å². The summed E-state index contributed by atoms with van der Waals surface area (Å²) in [5, 5.41) is 12.0. The first-order valence-corrected chi connectivity index (χ1v) is 5.71. The van der Waals surface area contributed by atoms with Gasteiger partial charge in [0.25, 0.3) is 0 Å². The lowest BCUT2D eigenvalue weighted by Gasteiger charge is -2.11. The summed E-state index contributed by atoms with van der Waals surface area (Å²) in [6.45, 7) is -0.0497. The van der Waals surface area contributed by atoms with Gasteiger partial charge in [0.15, 0.2) is 5.82 Å². The minimum atomic E-state index is -0.860. The van der Waals surface area contributed by atoms with Crippen LogP contribution in [0.2, 0.25) is 5.02 Å². The predicted molar refractivity (Wildman–Crippen MR) is 66.8 cm³/mol. The SMILES string of the molecule is Oc1ccc(F)cc1CNc1c(F)cc(F)cc1Cl. The molecule has 0 atom stereocenters. The molecule has 0 saturated heterocycles. The van der Waals surface area contributed by atoms with Crippen LogP contribution in [-0.4, -0.2) is 5.11 Å². The maximum Gasteiger partial charge on any atom is 0.150 e. The average Bonchev–Trinajstić information content (AvgIpc) is 2.32. The van der Waals surface area contributed by atoms with Gasteiger partial charge in [0, 0.05) is 18.2 Å². The molecule has 0 heterocycles. The van der Waals surface area contributed by atoms with Crippen LogP contribution in [0.5, 0.6) is 5.75 Å². The number of halogens is 4. The number of phenolic OH excluding ortho intramolecular Hbond substituents is 1. The molecule has 6 heteroatoms. The van der Waals surface area contributed by atoms with E-state index in [1.54, 1.807) is 0 Å². The summed E-state index contributed by atoms with van der Waals surface area (Å²) in [6.07, 6.45) is 0. The van der Waals surface area contributed by atoms with E-state index in [-0.39, 0.29) is 28.6 Å². The van der Waals surface area contributed by atoms with E-state index in [1.165, 1.54) is 6.07 Å². The van der Waals surface area contributed by atoms with Crippen LogP contribution in [0.1, 0.15) is 5.56 Å². The maximum absolute atomic E-state index is 13.5. The lowest BCUT2D eigenvalue weighted by Crippen LogP contribution is -2.03. The topological polar surface area (TPSA) is 32.3 Å². The van der Waals surface area contributed by atoms with Crippen molar-refractivity contribution in [1.82, 2.24) is 0 Å². The molecule has 100 valence electrons. The van der Waals surface area contributed by atoms with Crippen molar-refractivity contribution in [2.45, 2.75) is 6.54 Å². The molecular formula is C13H9ClF3NO. The molecule has 0 aliphatic heterocycles. The highest BCUT2D eigenvalue weighted by Crippen LogP contribution is 2.28. The Morgan fingerprint density at radius 2 is 1.79 bits per heavy atom. The monoisotopic (exact) mass is 287 g/mol. The molecule has 0 amide bonds. The van der Waals surface area contributed by atoms with Gasteiger partial charge in [-0.05, 0) is 24.3 Å². The number of phenols is 1. The lowest BCUT2D eigenvalue weighted by molar-refractivity contribution is 0.466. The Morgan fingerprint density at radius 3 is 2.47 bits per heavy atom. The molecule has 0 spiro atoms. The van der Waals surface area contributed by atoms with E-state index >= 15 is 0 Å². The quantitative estimate of drug-likeness (QED) is 0.892. The number of hydrogen-bond acceptors (Lipinski definition) is 2. The van der Waals surface area contributed by atoms with Crippen molar-refractivity contribution < 1.29 is 18.3 Å². The molecule has 2 aromatic rings. The standard InChI is InChI=1S/C13H9ClF3NO/c14-10-4-9(16)5-11(17)13(10)18-6-7-3-8(15)1-2-12(7)19/h1-5,18-19H,6H2. The molecule has 0 radical (unpaired) electrons. The van der Waals surface area contributed by atoms with Crippen LogP contribution >= 0.6 is 11.6 Å². The molecule has 2 N–H and O–H groups in total. The van der Waals surface area contributed by atoms with E-state index in [9.17, 15) is 18.3 Å². The molecule has 0 unspecified atom stereocenters. The minimum absolute atomic E-state index is 0.0497. The Balaban J connectivity index is 2.21. The highest BCUT2D eigenvalue weighted by atomic mass is 35.5. The van der Waals surface area contributed by atoms with E-state index in [2.05, 4.69) is 5.32 Å². The second kappa shape index (κ2) is 5.40. The van der Waals surface area contributed by atoms with Gasteiger partial charge in [-0.15, -0.1) is 0 Å². The van der Waals surface area contributed by atoms with E-state index in [0.717, 1.165) is 18.2 Å². The number of hydrogen-bond donors (Lipinski definition) is 2. The van der Waals surface area contributed by atoms with Crippen LogP contribution in [0.3, 0.4) is 0 Å². The highest BCUT2D eigenvalue weighted by Gasteiger charge is 2.11. The van der Waals surface area contributed by atoms with Gasteiger partial charge in [0.05, 0.1) is 10.7 Å². The van der Waals surface area contributed by atoms with E-state index < -0.39 is 17.5 Å². The van der Waals surface area contributed by atoms with Crippen LogP contribution in [0, 0.1) is 17.5 Å². The fourth-order valence-corrected chi connectivity index (χ4v) is 1.85. The zero-order chi connectivity index (χ0) is 14.0. The third-order valence-corrected chi connectivity index (χ3v) is 2.80. The Bertz CT molecular complexity index is 596. The maximum atomic E-state index is 13.5. The zero-order valence-corrected chi connectivity index (χ0v) is 10.3. The molecule has 0 aliphatic carbocycles. The van der Waals surface area contributed by atoms with Crippen LogP contribution < -0.4 is 5.32 Å². The van der Waals surface area contributed by atoms with Gasteiger partial charge < -0.3 is 10.4 Å². The highest BCUT2D eigenvalue weighted by molar-refractivity contribution is 6.33. The van der Waals surface area contributed by atoms with Crippen molar-refractivity contribution in [3.8, 4) is 5.75 Å². The summed E-state index contributed by atoms with van der Waals surface area (Å²) in [6, 6.07) is 5.04. The van der Waals surface area contributed by atoms with Crippen molar-refractivity contribution in [2.75, 3.05) is 5.32 Å². The van der Waals surface area contributed by atoms with E-state index in [0.29, 0.717) is 6.07 Å². The van der Waals surface area contributed by atoms with Crippen LogP contribution in [0.4, 0.5) is 18.9 Å². The number of nitrogens with one attached hydrogen (secondary N) is 1. The van der Waals surface area contributed by atoms with Crippen molar-refractivity contribution in [1.29, 1.82) is 0 Å². The first-order valence-electron chi connectivity index (χ1n) is 5.33. The van der Waals surface area contributed by atoms with Crippen molar-refractivity contribution in [2.24, 2.45) is 0 Å². The number of rotatable bonds is 3. The van der Waals surface area contributed by atoms with Crippen molar-refractivity contribution >= 4 is 17.3 Å². The van der Waals surface area contributed by atoms with Crippen molar-refractivity contribution in [3.63, 3.8) is 0 Å². The third kappa shape index (κ3) is 3.12. The largest absolute Gasteiger partial charge is 0.508 e. The second-order valence-corrected chi connectivity index (χ2v) is 4.28. The first kappa shape index (κ1) is 13.5. The summed E-state index contributed by atoms with van der Waals surface area (Å²) in [7, 11) is 0. The normalized spacial score (nSPS) is 10.5. The Hall–Kier alpha value is -1.88. The molecule has 0 aliphatic rings. The molecule has 0 saturated carbocycles. The predicted octanol–water partition coefficient (Wildman–Crippen LogP) is 4.08. The third-order valence-electron chi connectivity index (χ3n) is 2.50. The number of anilines is 1. The van der Waals surface area contributed by atoms with Gasteiger partial charge in [-0.2, -0.15) is 0 Å². The molecule has 2 rings (SSSR count). The van der Waals surface area contributed by atoms with Gasteiger partial charge >= 0.3 is 0 Å². The molecule has 2 nitrogen and oxygen atoms in total. The van der Waals surface area contributed by atoms with Gasteiger partial charge in [-0.1, -0.05) is 11.6 Å². The Kier molecular flexibility index (Phi) is 3.85. The number of benzene rings is 2. The Labute approximate surface area is 112 Å². The molecule has 2 aromatic carbocycles. The Morgan fingerprint density at radius 1 is 1.05 bits per heavy atom. The summed E-state index contributed by atoms with van der Waals surface area (Å²) in [5.74, 6) is -2.31. The molecular weight excluding hydrogens is 279 g/mol. The van der Waals surface area contributed by atoms with Gasteiger partial charge in [-0.3, -0.25) is 0 Å². The molecule has 0 aromatic heterocycles. The summed E-state index contributed by atoms with van der Waals surface area (Å²) >= 11 is 5.69. The average molecular weight is 288 g/mol. The summed E-state index contributed by atoms with van der Waals surface area (Å²) in [5.41, 5.74) is 0.131. The molecule has 19 heavy (non-hydrogen) atoms. The fraction of sp³-hybridized carbons (Fsp3) is 0.0769. The fourth-order valence-electron chi connectivity index (χ4n) is 1.59. The van der Waals surface area contributed by atoms with Gasteiger partial charge in [-0.25, -0.2) is 13.2 Å². The molecule has 0 fully saturated rings. The van der Waals surface area contributed by atoms with E-state index in [4.69, 9.17) is 11.6 Å². The summed E-state index contributed by atoms with van der Waals surface area (Å²) in [4.78, 5) is 0. The summed E-state index contributed by atoms with van der Waals surface area (Å²) < 4.78 is 39.3. The molecule has 0 bridgehead atoms. The smallest absolute Gasteiger partial charge is 0.150 e. The second-order valence-electron chi connectivity index (χ2n) is 3.87. The zero-order valence-electron chi connectivity index (χ0n) is 9.55. The van der Waals surface area contributed by atoms with Crippen LogP contribution in [0.25, 0.3) is 0 Å². The lowest BCUT2D eigenvalue weighted by atomic mass is 10.2. The van der Waals surface area contributed by atoms with Crippen molar-refractivity contribution in [3.05, 3.63) is 58.4 Å². The van der Waals surface area contributed by atoms with Crippen LogP contribution in [-0.2, 0) is 6.54 Å².